The lowest BCUT2D eigenvalue weighted by atomic mass is 9.77. The van der Waals surface area contributed by atoms with E-state index in [1.54, 1.807) is 50.3 Å². The molecule has 2 saturated heterocycles. The van der Waals surface area contributed by atoms with Crippen molar-refractivity contribution < 1.29 is 59.8 Å². The largest absolute Gasteiger partial charge is 0.640 e. The van der Waals surface area contributed by atoms with Crippen molar-refractivity contribution in [2.45, 2.75) is 97.7 Å². The summed E-state index contributed by atoms with van der Waals surface area (Å²) < 4.78 is 102. The van der Waals surface area contributed by atoms with E-state index in [1.165, 1.54) is 34.5 Å². The molecule has 2 aromatic carbocycles. The quantitative estimate of drug-likeness (QED) is 0.129. The number of halogens is 5. The van der Waals surface area contributed by atoms with Gasteiger partial charge in [-0.05, 0) is 91.8 Å². The highest BCUT2D eigenvalue weighted by atomic mass is 127. The SMILES string of the molecule is CC(C)OB1OC(C)(C)C(C)(C)O1.COc1cc(OC)c(F)c(B2OC(C)(C)C(C)(C)O2)c1F.COc1cc(OC)c(F)c(I)c1F. The Hall–Kier alpha value is -1.98. The van der Waals surface area contributed by atoms with Gasteiger partial charge in [-0.1, -0.05) is 0 Å². The maximum atomic E-state index is 14.4. The normalized spacial score (nSPS) is 18.6. The molecule has 16 heteroatoms. The zero-order valence-electron chi connectivity index (χ0n) is 29.5. The highest BCUT2D eigenvalue weighted by Gasteiger charge is 2.54. The molecule has 9 nitrogen and oxygen atoms in total. The third kappa shape index (κ3) is 9.18. The first-order valence-corrected chi connectivity index (χ1v) is 15.8. The minimum atomic E-state index is -1.17. The molecule has 0 spiro atoms. The molecule has 2 fully saturated rings. The Labute approximate surface area is 289 Å². The van der Waals surface area contributed by atoms with Crippen LogP contribution in [0.1, 0.15) is 69.2 Å². The Morgan fingerprint density at radius 1 is 0.574 bits per heavy atom. The van der Waals surface area contributed by atoms with Gasteiger partial charge >= 0.3 is 14.4 Å². The Bertz CT molecular complexity index is 1310. The fraction of sp³-hybridized carbons (Fsp3) is 0.613. The number of hydrogen-bond acceptors (Lipinski definition) is 9. The Morgan fingerprint density at radius 3 is 1.17 bits per heavy atom. The molecule has 2 aliphatic heterocycles. The lowest BCUT2D eigenvalue weighted by Gasteiger charge is -2.32. The molecule has 0 atom stereocenters. The molecule has 0 saturated carbocycles. The first-order chi connectivity index (χ1) is 21.5. The third-order valence-electron chi connectivity index (χ3n) is 8.23. The van der Waals surface area contributed by atoms with Crippen LogP contribution in [0, 0.1) is 26.8 Å². The van der Waals surface area contributed by atoms with Crippen molar-refractivity contribution in [3.8, 4) is 23.0 Å². The molecule has 4 rings (SSSR count). The summed E-state index contributed by atoms with van der Waals surface area (Å²) in [6.07, 6.45) is 0.120. The predicted molar refractivity (Wildman–Crippen MR) is 180 cm³/mol. The second-order valence-electron chi connectivity index (χ2n) is 12.9. The van der Waals surface area contributed by atoms with E-state index in [1.807, 2.05) is 41.5 Å². The smallest absolute Gasteiger partial charge is 0.494 e. The summed E-state index contributed by atoms with van der Waals surface area (Å²) in [4.78, 5) is 0. The van der Waals surface area contributed by atoms with Gasteiger partial charge in [0.2, 0.25) is 0 Å². The van der Waals surface area contributed by atoms with Crippen molar-refractivity contribution in [2.75, 3.05) is 28.4 Å². The maximum Gasteiger partial charge on any atom is 0.640 e. The molecule has 0 bridgehead atoms. The van der Waals surface area contributed by atoms with Gasteiger partial charge in [0, 0.05) is 18.2 Å². The van der Waals surface area contributed by atoms with E-state index >= 15 is 0 Å². The number of ether oxygens (including phenoxy) is 4. The van der Waals surface area contributed by atoms with Crippen LogP contribution in [0.3, 0.4) is 0 Å². The number of methoxy groups -OCH3 is 4. The zero-order chi connectivity index (χ0) is 36.3. The van der Waals surface area contributed by atoms with E-state index in [2.05, 4.69) is 0 Å². The summed E-state index contributed by atoms with van der Waals surface area (Å²) in [5, 5.41) is 0. The summed E-state index contributed by atoms with van der Waals surface area (Å²) in [6, 6.07) is 2.33. The monoisotopic (exact) mass is 786 g/mol. The summed E-state index contributed by atoms with van der Waals surface area (Å²) in [5.74, 6) is -3.42. The van der Waals surface area contributed by atoms with Gasteiger partial charge in [-0.3, -0.25) is 0 Å². The van der Waals surface area contributed by atoms with Crippen LogP contribution in [0.2, 0.25) is 0 Å². The van der Waals surface area contributed by atoms with Gasteiger partial charge in [0.05, 0.1) is 59.9 Å². The van der Waals surface area contributed by atoms with Gasteiger partial charge in [-0.2, -0.15) is 0 Å². The number of rotatable bonds is 7. The topological polar surface area (TPSA) is 83.1 Å². The highest BCUT2D eigenvalue weighted by Crippen LogP contribution is 2.39. The van der Waals surface area contributed by atoms with Crippen LogP contribution in [0.4, 0.5) is 17.6 Å². The Kier molecular flexibility index (Phi) is 13.8. The van der Waals surface area contributed by atoms with Gasteiger partial charge in [0.1, 0.15) is 0 Å². The highest BCUT2D eigenvalue weighted by molar-refractivity contribution is 14.1. The number of benzene rings is 2. The second kappa shape index (κ2) is 15.7. The summed E-state index contributed by atoms with van der Waals surface area (Å²) in [6.45, 7) is 19.2. The van der Waals surface area contributed by atoms with Gasteiger partial charge in [-0.25, -0.2) is 17.6 Å². The minimum absolute atomic E-state index is 0.0253. The average molecular weight is 786 g/mol. The van der Waals surface area contributed by atoms with Crippen molar-refractivity contribution in [3.05, 3.63) is 39.0 Å². The standard InChI is InChI=1S/C14H19BF2O4.C9H19BO3.C8H7F2IO2/c1-13(2)14(3,4)21-15(20-13)10-11(16)8(18-5)7-9(19-6)12(10)17;1-7(2)11-10-12-8(3,4)9(5,6)13-10;1-12-4-3-5(13-2)7(10)8(11)6(4)9/h7H,1-6H3;7H,1-6H3;3H,1-2H3. The van der Waals surface area contributed by atoms with Crippen LogP contribution in [0.5, 0.6) is 23.0 Å². The fourth-order valence-electron chi connectivity index (χ4n) is 3.99. The van der Waals surface area contributed by atoms with Gasteiger partial charge in [-0.15, -0.1) is 0 Å². The fourth-order valence-corrected chi connectivity index (χ4v) is 4.53. The average Bonchev–Trinajstić information content (AvgIpc) is 3.30. The van der Waals surface area contributed by atoms with Crippen LogP contribution in [-0.4, -0.2) is 71.4 Å². The molecule has 2 heterocycles. The molecule has 2 aliphatic rings. The zero-order valence-corrected chi connectivity index (χ0v) is 31.6. The lowest BCUT2D eigenvalue weighted by Crippen LogP contribution is -2.41. The van der Waals surface area contributed by atoms with Crippen LogP contribution in [0.25, 0.3) is 0 Å². The van der Waals surface area contributed by atoms with Gasteiger partial charge in [0.25, 0.3) is 0 Å². The predicted octanol–water partition coefficient (Wildman–Crippen LogP) is 6.87. The third-order valence-corrected chi connectivity index (χ3v) is 9.18. The summed E-state index contributed by atoms with van der Waals surface area (Å²) in [7, 11) is 3.52. The molecule has 0 aliphatic carbocycles. The molecular formula is C31H45B2F4IO9. The van der Waals surface area contributed by atoms with E-state index in [4.69, 9.17) is 42.2 Å². The van der Waals surface area contributed by atoms with E-state index in [0.717, 1.165) is 6.07 Å². The van der Waals surface area contributed by atoms with E-state index in [-0.39, 0.29) is 49.3 Å². The van der Waals surface area contributed by atoms with Crippen molar-refractivity contribution in [1.29, 1.82) is 0 Å². The van der Waals surface area contributed by atoms with Crippen LogP contribution < -0.4 is 24.4 Å². The van der Waals surface area contributed by atoms with Crippen molar-refractivity contribution in [3.63, 3.8) is 0 Å². The first kappa shape index (κ1) is 41.2. The molecule has 0 radical (unpaired) electrons. The van der Waals surface area contributed by atoms with Crippen LogP contribution in [-0.2, 0) is 23.3 Å². The van der Waals surface area contributed by atoms with E-state index in [0.29, 0.717) is 0 Å². The molecule has 0 unspecified atom stereocenters. The van der Waals surface area contributed by atoms with Crippen LogP contribution >= 0.6 is 22.6 Å². The van der Waals surface area contributed by atoms with Gasteiger partial charge < -0.3 is 42.2 Å². The van der Waals surface area contributed by atoms with Gasteiger partial charge in [0.15, 0.2) is 46.3 Å². The molecule has 264 valence electrons. The molecule has 47 heavy (non-hydrogen) atoms. The maximum absolute atomic E-state index is 14.4. The second-order valence-corrected chi connectivity index (χ2v) is 13.9. The molecule has 0 amide bonds. The minimum Gasteiger partial charge on any atom is -0.494 e. The van der Waals surface area contributed by atoms with Crippen LogP contribution in [0.15, 0.2) is 12.1 Å². The summed E-state index contributed by atoms with van der Waals surface area (Å²) >= 11 is 1.56. The molecule has 0 N–H and O–H groups in total. The van der Waals surface area contributed by atoms with Crippen molar-refractivity contribution >= 4 is 42.5 Å². The molecule has 0 aromatic heterocycles. The molecule has 2 aromatic rings. The van der Waals surface area contributed by atoms with Crippen molar-refractivity contribution in [1.82, 2.24) is 0 Å². The van der Waals surface area contributed by atoms with E-state index in [9.17, 15) is 17.6 Å². The number of hydrogen-bond donors (Lipinski definition) is 0. The Balaban J connectivity index is 0.000000258. The lowest BCUT2D eigenvalue weighted by molar-refractivity contribution is 0.00578. The molecular weight excluding hydrogens is 741 g/mol. The van der Waals surface area contributed by atoms with Crippen molar-refractivity contribution in [2.24, 2.45) is 0 Å². The first-order valence-electron chi connectivity index (χ1n) is 14.7. The van der Waals surface area contributed by atoms with E-state index < -0.39 is 48.9 Å². The Morgan fingerprint density at radius 2 is 0.872 bits per heavy atom. The summed E-state index contributed by atoms with van der Waals surface area (Å²) in [5.41, 5.74) is -2.34.